The van der Waals surface area contributed by atoms with E-state index in [9.17, 15) is 0 Å². The summed E-state index contributed by atoms with van der Waals surface area (Å²) in [6.07, 6.45) is 4.90. The fraction of sp³-hybridized carbons (Fsp3) is 0.429. The molecule has 3 aromatic rings. The average Bonchev–Trinajstić information content (AvgIpc) is 3.30. The molecule has 0 spiro atoms. The van der Waals surface area contributed by atoms with E-state index in [-0.39, 0.29) is 0 Å². The number of guanidine groups is 1. The van der Waals surface area contributed by atoms with Crippen LogP contribution in [-0.2, 0) is 25.9 Å². The first-order chi connectivity index (χ1) is 13.3. The van der Waals surface area contributed by atoms with Crippen molar-refractivity contribution in [1.29, 1.82) is 0 Å². The van der Waals surface area contributed by atoms with E-state index in [1.165, 1.54) is 10.9 Å². The molecule has 2 aromatic heterocycles. The minimum Gasteiger partial charge on any atom is -0.361 e. The Labute approximate surface area is 160 Å². The summed E-state index contributed by atoms with van der Waals surface area (Å²) in [7, 11) is 1.80. The topological polar surface area (TPSA) is 67.4 Å². The molecule has 0 fully saturated rings. The van der Waals surface area contributed by atoms with Gasteiger partial charge in [0.15, 0.2) is 5.96 Å². The number of aliphatic imine (C=N–C) groups is 1. The van der Waals surface area contributed by atoms with Gasteiger partial charge in [0.2, 0.25) is 0 Å². The minimum atomic E-state index is 0.678. The van der Waals surface area contributed by atoms with Crippen LogP contribution in [0.2, 0.25) is 0 Å². The van der Waals surface area contributed by atoms with Crippen molar-refractivity contribution < 1.29 is 4.52 Å². The second kappa shape index (κ2) is 9.26. The van der Waals surface area contributed by atoms with Crippen molar-refractivity contribution in [2.24, 2.45) is 4.99 Å². The summed E-state index contributed by atoms with van der Waals surface area (Å²) in [6, 6.07) is 10.6. The average molecular weight is 367 g/mol. The molecule has 0 aliphatic rings. The molecule has 0 atom stereocenters. The molecule has 3 rings (SSSR count). The quantitative estimate of drug-likeness (QED) is 0.363. The van der Waals surface area contributed by atoms with Crippen molar-refractivity contribution in [2.45, 2.75) is 46.2 Å². The predicted molar refractivity (Wildman–Crippen MR) is 110 cm³/mol. The van der Waals surface area contributed by atoms with Crippen molar-refractivity contribution in [2.75, 3.05) is 13.6 Å². The number of aromatic nitrogens is 2. The minimum absolute atomic E-state index is 0.678. The SMILES string of the molecule is CCc1noc(CC)c1CNC(=NC)NCCCn1ccc2ccccc21. The largest absolute Gasteiger partial charge is 0.361 e. The van der Waals surface area contributed by atoms with Gasteiger partial charge in [-0.3, -0.25) is 4.99 Å². The molecule has 2 heterocycles. The second-order valence-corrected chi connectivity index (χ2v) is 6.51. The van der Waals surface area contributed by atoms with Crippen LogP contribution in [0.15, 0.2) is 46.0 Å². The van der Waals surface area contributed by atoms with Gasteiger partial charge in [0.1, 0.15) is 5.76 Å². The van der Waals surface area contributed by atoms with Crippen LogP contribution in [0, 0.1) is 0 Å². The van der Waals surface area contributed by atoms with E-state index in [1.54, 1.807) is 7.05 Å². The van der Waals surface area contributed by atoms with Crippen LogP contribution in [0.3, 0.4) is 0 Å². The number of hydrogen-bond acceptors (Lipinski definition) is 3. The van der Waals surface area contributed by atoms with Crippen LogP contribution >= 0.6 is 0 Å². The molecule has 0 amide bonds. The van der Waals surface area contributed by atoms with Gasteiger partial charge in [-0.15, -0.1) is 0 Å². The van der Waals surface area contributed by atoms with Gasteiger partial charge in [-0.05, 0) is 30.4 Å². The number of rotatable bonds is 8. The van der Waals surface area contributed by atoms with Gasteiger partial charge >= 0.3 is 0 Å². The lowest BCUT2D eigenvalue weighted by Crippen LogP contribution is -2.37. The molecule has 1 aromatic carbocycles. The third-order valence-electron chi connectivity index (χ3n) is 4.81. The summed E-state index contributed by atoms with van der Waals surface area (Å²) in [6.45, 7) is 6.69. The number of fused-ring (bicyclic) bond motifs is 1. The Bertz CT molecular complexity index is 872. The monoisotopic (exact) mass is 367 g/mol. The Morgan fingerprint density at radius 3 is 2.78 bits per heavy atom. The maximum absolute atomic E-state index is 5.42. The molecule has 2 N–H and O–H groups in total. The Kier molecular flexibility index (Phi) is 6.52. The summed E-state index contributed by atoms with van der Waals surface area (Å²) in [4.78, 5) is 4.32. The third kappa shape index (κ3) is 4.51. The first kappa shape index (κ1) is 19.0. The van der Waals surface area contributed by atoms with E-state index in [0.717, 1.165) is 55.3 Å². The molecule has 0 unspecified atom stereocenters. The maximum atomic E-state index is 5.42. The summed E-state index contributed by atoms with van der Waals surface area (Å²) in [5, 5.41) is 12.2. The zero-order valence-corrected chi connectivity index (χ0v) is 16.5. The highest BCUT2D eigenvalue weighted by atomic mass is 16.5. The van der Waals surface area contributed by atoms with Gasteiger partial charge in [-0.25, -0.2) is 0 Å². The van der Waals surface area contributed by atoms with E-state index >= 15 is 0 Å². The number of nitrogens with one attached hydrogen (secondary N) is 2. The third-order valence-corrected chi connectivity index (χ3v) is 4.81. The zero-order valence-electron chi connectivity index (χ0n) is 16.5. The Morgan fingerprint density at radius 1 is 1.15 bits per heavy atom. The molecule has 0 saturated heterocycles. The zero-order chi connectivity index (χ0) is 19.1. The number of nitrogens with zero attached hydrogens (tertiary/aromatic N) is 3. The normalized spacial score (nSPS) is 11.9. The van der Waals surface area contributed by atoms with Gasteiger partial charge in [0.05, 0.1) is 5.69 Å². The maximum Gasteiger partial charge on any atom is 0.191 e. The molecule has 27 heavy (non-hydrogen) atoms. The number of aryl methyl sites for hydroxylation is 3. The van der Waals surface area contributed by atoms with Crippen molar-refractivity contribution >= 4 is 16.9 Å². The van der Waals surface area contributed by atoms with E-state index < -0.39 is 0 Å². The number of hydrogen-bond donors (Lipinski definition) is 2. The van der Waals surface area contributed by atoms with Gasteiger partial charge < -0.3 is 19.7 Å². The molecule has 6 nitrogen and oxygen atoms in total. The van der Waals surface area contributed by atoms with Crippen LogP contribution in [0.25, 0.3) is 10.9 Å². The molecule has 0 saturated carbocycles. The highest BCUT2D eigenvalue weighted by molar-refractivity contribution is 5.80. The van der Waals surface area contributed by atoms with Crippen LogP contribution in [0.4, 0.5) is 0 Å². The van der Waals surface area contributed by atoms with Crippen LogP contribution in [0.5, 0.6) is 0 Å². The Morgan fingerprint density at radius 2 is 2.00 bits per heavy atom. The lowest BCUT2D eigenvalue weighted by molar-refractivity contribution is 0.380. The van der Waals surface area contributed by atoms with Crippen LogP contribution in [0.1, 0.15) is 37.3 Å². The number of benzene rings is 1. The fourth-order valence-corrected chi connectivity index (χ4v) is 3.32. The van der Waals surface area contributed by atoms with Crippen molar-refractivity contribution in [3.05, 3.63) is 53.5 Å². The smallest absolute Gasteiger partial charge is 0.191 e. The van der Waals surface area contributed by atoms with E-state index in [4.69, 9.17) is 4.52 Å². The molecular formula is C21H29N5O. The summed E-state index contributed by atoms with van der Waals surface area (Å²) < 4.78 is 7.72. The summed E-state index contributed by atoms with van der Waals surface area (Å²) >= 11 is 0. The Balaban J connectivity index is 1.48. The molecule has 0 bridgehead atoms. The molecule has 0 aliphatic heterocycles. The van der Waals surface area contributed by atoms with Crippen molar-refractivity contribution in [3.63, 3.8) is 0 Å². The second-order valence-electron chi connectivity index (χ2n) is 6.51. The van der Waals surface area contributed by atoms with Crippen molar-refractivity contribution in [3.8, 4) is 0 Å². The van der Waals surface area contributed by atoms with Gasteiger partial charge in [0.25, 0.3) is 0 Å². The van der Waals surface area contributed by atoms with Gasteiger partial charge in [-0.1, -0.05) is 37.2 Å². The first-order valence-corrected chi connectivity index (χ1v) is 9.71. The Hall–Kier alpha value is -2.76. The fourth-order valence-electron chi connectivity index (χ4n) is 3.32. The number of para-hydroxylation sites is 1. The summed E-state index contributed by atoms with van der Waals surface area (Å²) in [5.74, 6) is 1.76. The molecule has 0 radical (unpaired) electrons. The highest BCUT2D eigenvalue weighted by Gasteiger charge is 2.13. The van der Waals surface area contributed by atoms with Crippen molar-refractivity contribution in [1.82, 2.24) is 20.4 Å². The van der Waals surface area contributed by atoms with Crippen LogP contribution < -0.4 is 10.6 Å². The van der Waals surface area contributed by atoms with Crippen LogP contribution in [-0.4, -0.2) is 29.3 Å². The lowest BCUT2D eigenvalue weighted by Gasteiger charge is -2.12. The molecule has 0 aliphatic carbocycles. The highest BCUT2D eigenvalue weighted by Crippen LogP contribution is 2.16. The first-order valence-electron chi connectivity index (χ1n) is 9.71. The molecule has 144 valence electrons. The lowest BCUT2D eigenvalue weighted by atomic mass is 10.1. The summed E-state index contributed by atoms with van der Waals surface area (Å²) in [5.41, 5.74) is 3.46. The van der Waals surface area contributed by atoms with E-state index in [1.807, 2.05) is 0 Å². The van der Waals surface area contributed by atoms with E-state index in [0.29, 0.717) is 6.54 Å². The standard InChI is InChI=1S/C21H29N5O/c1-4-18-17(20(5-2)27-25-18)15-24-21(22-3)23-12-8-13-26-14-11-16-9-6-7-10-19(16)26/h6-7,9-11,14H,4-5,8,12-13,15H2,1-3H3,(H2,22,23,24). The predicted octanol–water partition coefficient (Wildman–Crippen LogP) is 3.51. The van der Waals surface area contributed by atoms with E-state index in [2.05, 4.69) is 75.7 Å². The molecular weight excluding hydrogens is 338 g/mol. The molecule has 6 heteroatoms. The van der Waals surface area contributed by atoms with Gasteiger partial charge in [-0.2, -0.15) is 0 Å². The van der Waals surface area contributed by atoms with Gasteiger partial charge in [0, 0.05) is 50.4 Å².